The summed E-state index contributed by atoms with van der Waals surface area (Å²) in [4.78, 5) is 4.76. The molecule has 0 unspecified atom stereocenters. The lowest BCUT2D eigenvalue weighted by Gasteiger charge is -2.12. The zero-order valence-corrected chi connectivity index (χ0v) is 12.4. The molecule has 0 N–H and O–H groups in total. The van der Waals surface area contributed by atoms with E-state index in [0.717, 1.165) is 10.8 Å². The Hall–Kier alpha value is -0.890. The summed E-state index contributed by atoms with van der Waals surface area (Å²) >= 11 is 3.58. The van der Waals surface area contributed by atoms with Crippen LogP contribution in [0.5, 0.6) is 0 Å². The third-order valence-electron chi connectivity index (χ3n) is 3.27. The number of benzene rings is 1. The van der Waals surface area contributed by atoms with Crippen molar-refractivity contribution >= 4 is 26.8 Å². The van der Waals surface area contributed by atoms with Crippen LogP contribution in [0.25, 0.3) is 10.9 Å². The van der Waals surface area contributed by atoms with Gasteiger partial charge in [-0.2, -0.15) is 0 Å². The fourth-order valence-corrected chi connectivity index (χ4v) is 2.45. The molecule has 2 rings (SSSR count). The van der Waals surface area contributed by atoms with Crippen LogP contribution in [0.4, 0.5) is 0 Å². The van der Waals surface area contributed by atoms with Gasteiger partial charge in [0, 0.05) is 16.4 Å². The van der Waals surface area contributed by atoms with Gasteiger partial charge in [0.25, 0.3) is 0 Å². The first-order valence-corrected chi connectivity index (χ1v) is 7.11. The maximum atomic E-state index is 4.76. The Kier molecular flexibility index (Phi) is 3.53. The third-order valence-corrected chi connectivity index (χ3v) is 3.87. The van der Waals surface area contributed by atoms with Crippen LogP contribution in [-0.2, 0) is 5.33 Å². The minimum atomic E-state index is 0.471. The van der Waals surface area contributed by atoms with E-state index in [1.165, 1.54) is 27.8 Å². The summed E-state index contributed by atoms with van der Waals surface area (Å²) in [7, 11) is 0. The van der Waals surface area contributed by atoms with Crippen molar-refractivity contribution in [1.82, 2.24) is 4.98 Å². The van der Waals surface area contributed by atoms with Gasteiger partial charge in [0.15, 0.2) is 0 Å². The third kappa shape index (κ3) is 2.37. The van der Waals surface area contributed by atoms with Gasteiger partial charge in [0.05, 0.1) is 5.52 Å². The molecule has 1 aromatic heterocycles. The van der Waals surface area contributed by atoms with Crippen LogP contribution in [0, 0.1) is 13.8 Å². The van der Waals surface area contributed by atoms with Crippen LogP contribution in [0.3, 0.4) is 0 Å². The number of aryl methyl sites for hydroxylation is 2. The van der Waals surface area contributed by atoms with Crippen molar-refractivity contribution in [2.75, 3.05) is 0 Å². The molecule has 0 spiro atoms. The van der Waals surface area contributed by atoms with E-state index in [2.05, 4.69) is 61.8 Å². The Balaban J connectivity index is 2.78. The second-order valence-corrected chi connectivity index (χ2v) is 5.51. The standard InChI is InChI=1S/C15H18BrN/c1-9(2)14-7-12(8-16)13-5-10(3)11(4)6-15(13)17-14/h5-7,9H,8H2,1-4H3. The van der Waals surface area contributed by atoms with Gasteiger partial charge in [0.2, 0.25) is 0 Å². The molecule has 0 aliphatic heterocycles. The molecular formula is C15H18BrN. The lowest BCUT2D eigenvalue weighted by molar-refractivity contribution is 0.828. The van der Waals surface area contributed by atoms with Crippen molar-refractivity contribution in [1.29, 1.82) is 0 Å². The number of hydrogen-bond donors (Lipinski definition) is 0. The molecule has 1 heterocycles. The first-order valence-electron chi connectivity index (χ1n) is 5.99. The fourth-order valence-electron chi connectivity index (χ4n) is 1.98. The SMILES string of the molecule is Cc1cc2nc(C(C)C)cc(CBr)c2cc1C. The van der Waals surface area contributed by atoms with Gasteiger partial charge < -0.3 is 0 Å². The van der Waals surface area contributed by atoms with Gasteiger partial charge in [-0.15, -0.1) is 0 Å². The number of alkyl halides is 1. The molecule has 17 heavy (non-hydrogen) atoms. The lowest BCUT2D eigenvalue weighted by atomic mass is 10.00. The number of rotatable bonds is 2. The zero-order chi connectivity index (χ0) is 12.6. The Morgan fingerprint density at radius 3 is 2.35 bits per heavy atom. The summed E-state index contributed by atoms with van der Waals surface area (Å²) in [5, 5.41) is 2.16. The maximum absolute atomic E-state index is 4.76. The molecule has 0 saturated heterocycles. The Morgan fingerprint density at radius 1 is 1.12 bits per heavy atom. The van der Waals surface area contributed by atoms with Gasteiger partial charge in [-0.3, -0.25) is 4.98 Å². The highest BCUT2D eigenvalue weighted by molar-refractivity contribution is 9.08. The predicted octanol–water partition coefficient (Wildman–Crippen LogP) is 4.87. The number of aromatic nitrogens is 1. The quantitative estimate of drug-likeness (QED) is 0.720. The molecule has 0 amide bonds. The van der Waals surface area contributed by atoms with Crippen molar-refractivity contribution in [2.45, 2.75) is 38.9 Å². The van der Waals surface area contributed by atoms with Crippen LogP contribution in [0.15, 0.2) is 18.2 Å². The molecule has 0 aliphatic carbocycles. The number of fused-ring (bicyclic) bond motifs is 1. The summed E-state index contributed by atoms with van der Waals surface area (Å²) in [6.45, 7) is 8.68. The van der Waals surface area contributed by atoms with Crippen LogP contribution < -0.4 is 0 Å². The van der Waals surface area contributed by atoms with E-state index in [9.17, 15) is 0 Å². The normalized spacial score (nSPS) is 11.4. The van der Waals surface area contributed by atoms with E-state index < -0.39 is 0 Å². The van der Waals surface area contributed by atoms with Gasteiger partial charge in [-0.25, -0.2) is 0 Å². The van der Waals surface area contributed by atoms with Crippen molar-refractivity contribution in [3.05, 3.63) is 40.6 Å². The van der Waals surface area contributed by atoms with Gasteiger partial charge in [-0.1, -0.05) is 29.8 Å². The highest BCUT2D eigenvalue weighted by atomic mass is 79.9. The molecule has 0 saturated carbocycles. The van der Waals surface area contributed by atoms with Gasteiger partial charge in [-0.05, 0) is 54.7 Å². The molecule has 90 valence electrons. The largest absolute Gasteiger partial charge is 0.253 e. The van der Waals surface area contributed by atoms with E-state index in [-0.39, 0.29) is 0 Å². The molecule has 0 bridgehead atoms. The van der Waals surface area contributed by atoms with Crippen LogP contribution >= 0.6 is 15.9 Å². The molecule has 0 aliphatic rings. The Morgan fingerprint density at radius 2 is 1.76 bits per heavy atom. The Labute approximate surface area is 111 Å². The van der Waals surface area contributed by atoms with Gasteiger partial charge >= 0.3 is 0 Å². The summed E-state index contributed by atoms with van der Waals surface area (Å²) in [6.07, 6.45) is 0. The highest BCUT2D eigenvalue weighted by Crippen LogP contribution is 2.26. The van der Waals surface area contributed by atoms with E-state index in [1.54, 1.807) is 0 Å². The molecule has 0 fully saturated rings. The van der Waals surface area contributed by atoms with E-state index in [1.807, 2.05) is 0 Å². The average molecular weight is 292 g/mol. The molecule has 1 nitrogen and oxygen atoms in total. The first kappa shape index (κ1) is 12.6. The van der Waals surface area contributed by atoms with E-state index in [0.29, 0.717) is 5.92 Å². The molecule has 0 radical (unpaired) electrons. The predicted molar refractivity (Wildman–Crippen MR) is 77.9 cm³/mol. The van der Waals surface area contributed by atoms with E-state index >= 15 is 0 Å². The van der Waals surface area contributed by atoms with Crippen LogP contribution in [0.1, 0.15) is 42.1 Å². The van der Waals surface area contributed by atoms with Gasteiger partial charge in [0.1, 0.15) is 0 Å². The van der Waals surface area contributed by atoms with Crippen molar-refractivity contribution in [3.63, 3.8) is 0 Å². The first-order chi connectivity index (χ1) is 8.02. The zero-order valence-electron chi connectivity index (χ0n) is 10.8. The fraction of sp³-hybridized carbons (Fsp3) is 0.400. The van der Waals surface area contributed by atoms with Crippen LogP contribution in [0.2, 0.25) is 0 Å². The minimum Gasteiger partial charge on any atom is -0.253 e. The van der Waals surface area contributed by atoms with E-state index in [4.69, 9.17) is 4.98 Å². The second-order valence-electron chi connectivity index (χ2n) is 4.95. The monoisotopic (exact) mass is 291 g/mol. The van der Waals surface area contributed by atoms with Crippen molar-refractivity contribution in [2.24, 2.45) is 0 Å². The minimum absolute atomic E-state index is 0.471. The smallest absolute Gasteiger partial charge is 0.0711 e. The summed E-state index contributed by atoms with van der Waals surface area (Å²) in [5.41, 5.74) is 6.27. The number of halogens is 1. The number of hydrogen-bond acceptors (Lipinski definition) is 1. The van der Waals surface area contributed by atoms with Crippen molar-refractivity contribution < 1.29 is 0 Å². The topological polar surface area (TPSA) is 12.9 Å². The second kappa shape index (κ2) is 4.77. The molecule has 2 heteroatoms. The number of nitrogens with zero attached hydrogens (tertiary/aromatic N) is 1. The molecule has 2 aromatic rings. The maximum Gasteiger partial charge on any atom is 0.0711 e. The Bertz CT molecular complexity index is 558. The average Bonchev–Trinajstić information content (AvgIpc) is 2.29. The summed E-state index contributed by atoms with van der Waals surface area (Å²) in [6, 6.07) is 6.66. The van der Waals surface area contributed by atoms with Crippen molar-refractivity contribution in [3.8, 4) is 0 Å². The molecule has 1 aromatic carbocycles. The van der Waals surface area contributed by atoms with Crippen LogP contribution in [-0.4, -0.2) is 4.98 Å². The molecular weight excluding hydrogens is 274 g/mol. The lowest BCUT2D eigenvalue weighted by Crippen LogP contribution is -1.97. The number of pyridine rings is 1. The highest BCUT2D eigenvalue weighted by Gasteiger charge is 2.09. The summed E-state index contributed by atoms with van der Waals surface area (Å²) in [5.74, 6) is 0.471. The summed E-state index contributed by atoms with van der Waals surface area (Å²) < 4.78 is 0. The molecule has 0 atom stereocenters.